The molecule has 1 unspecified atom stereocenters. The number of nitro groups is 1. The molecule has 1 atom stereocenters. The molecule has 0 fully saturated rings. The lowest BCUT2D eigenvalue weighted by Gasteiger charge is -2.19. The minimum Gasteiger partial charge on any atom is -0.497 e. The van der Waals surface area contributed by atoms with Gasteiger partial charge in [0.05, 0.1) is 37.4 Å². The van der Waals surface area contributed by atoms with E-state index in [-0.39, 0.29) is 22.7 Å². The summed E-state index contributed by atoms with van der Waals surface area (Å²) < 4.78 is 15.1. The molecule has 0 aliphatic heterocycles. The fraction of sp³-hybridized carbons (Fsp3) is 0.217. The first kappa shape index (κ1) is 21.8. The molecule has 0 bridgehead atoms. The van der Waals surface area contributed by atoms with E-state index in [1.807, 2.05) is 6.92 Å². The van der Waals surface area contributed by atoms with Crippen molar-refractivity contribution < 1.29 is 28.7 Å². The Labute approximate surface area is 178 Å². The summed E-state index contributed by atoms with van der Waals surface area (Å²) in [6.45, 7) is 1.92. The first-order valence-electron chi connectivity index (χ1n) is 9.38. The van der Waals surface area contributed by atoms with E-state index in [1.165, 1.54) is 33.5 Å². The highest BCUT2D eigenvalue weighted by Crippen LogP contribution is 2.37. The molecule has 0 heterocycles. The van der Waals surface area contributed by atoms with Crippen molar-refractivity contribution in [3.63, 3.8) is 0 Å². The monoisotopic (exact) mass is 423 g/mol. The van der Waals surface area contributed by atoms with Crippen LogP contribution in [-0.4, -0.2) is 38.2 Å². The molecule has 8 nitrogen and oxygen atoms in total. The van der Waals surface area contributed by atoms with Crippen molar-refractivity contribution in [3.05, 3.63) is 80.9 Å². The second kappa shape index (κ2) is 8.83. The zero-order chi connectivity index (χ0) is 22.7. The number of rotatable bonds is 6. The molecule has 160 valence electrons. The van der Waals surface area contributed by atoms with Crippen LogP contribution in [0.25, 0.3) is 10.8 Å². The van der Waals surface area contributed by atoms with Gasteiger partial charge in [0.1, 0.15) is 5.75 Å². The topological polar surface area (TPSA) is 105 Å². The van der Waals surface area contributed by atoms with Gasteiger partial charge in [-0.05, 0) is 34.7 Å². The zero-order valence-electron chi connectivity index (χ0n) is 17.5. The SMILES string of the molecule is COC(=O)c1cc(C(C)c2ccc([N+](=O)[O-])cc2)c2ccc(OC)cc2c1C(=O)OC. The van der Waals surface area contributed by atoms with E-state index in [0.29, 0.717) is 11.1 Å². The molecular weight excluding hydrogens is 402 g/mol. The van der Waals surface area contributed by atoms with Crippen LogP contribution in [-0.2, 0) is 9.47 Å². The Morgan fingerprint density at radius 2 is 1.55 bits per heavy atom. The molecule has 3 rings (SSSR count). The number of non-ortho nitro benzene ring substituents is 1. The van der Waals surface area contributed by atoms with Gasteiger partial charge in [-0.1, -0.05) is 25.1 Å². The summed E-state index contributed by atoms with van der Waals surface area (Å²) in [7, 11) is 3.98. The fourth-order valence-electron chi connectivity index (χ4n) is 3.57. The molecule has 0 spiro atoms. The van der Waals surface area contributed by atoms with E-state index in [0.717, 1.165) is 16.5 Å². The van der Waals surface area contributed by atoms with Gasteiger partial charge in [0.15, 0.2) is 0 Å². The highest BCUT2D eigenvalue weighted by atomic mass is 16.6. The Morgan fingerprint density at radius 3 is 2.10 bits per heavy atom. The van der Waals surface area contributed by atoms with Gasteiger partial charge in [0, 0.05) is 23.4 Å². The molecule has 0 N–H and O–H groups in total. The Kier molecular flexibility index (Phi) is 6.20. The molecule has 0 aliphatic carbocycles. The van der Waals surface area contributed by atoms with Crippen LogP contribution in [0, 0.1) is 10.1 Å². The van der Waals surface area contributed by atoms with Gasteiger partial charge in [-0.25, -0.2) is 9.59 Å². The summed E-state index contributed by atoms with van der Waals surface area (Å²) >= 11 is 0. The molecule has 31 heavy (non-hydrogen) atoms. The third-order valence-corrected chi connectivity index (χ3v) is 5.24. The van der Waals surface area contributed by atoms with Gasteiger partial charge in [-0.3, -0.25) is 10.1 Å². The number of carbonyl (C=O) groups is 2. The van der Waals surface area contributed by atoms with Gasteiger partial charge >= 0.3 is 11.9 Å². The highest BCUT2D eigenvalue weighted by Gasteiger charge is 2.26. The Morgan fingerprint density at radius 1 is 0.903 bits per heavy atom. The minimum absolute atomic E-state index is 0.0122. The van der Waals surface area contributed by atoms with Crippen molar-refractivity contribution in [2.24, 2.45) is 0 Å². The first-order chi connectivity index (χ1) is 14.8. The first-order valence-corrected chi connectivity index (χ1v) is 9.38. The molecule has 0 aromatic heterocycles. The largest absolute Gasteiger partial charge is 0.497 e. The number of fused-ring (bicyclic) bond motifs is 1. The van der Waals surface area contributed by atoms with Crippen molar-refractivity contribution in [3.8, 4) is 5.75 Å². The number of esters is 2. The Bertz CT molecular complexity index is 1170. The molecule has 3 aromatic rings. The number of carbonyl (C=O) groups excluding carboxylic acids is 2. The van der Waals surface area contributed by atoms with Gasteiger partial charge in [0.25, 0.3) is 5.69 Å². The summed E-state index contributed by atoms with van der Waals surface area (Å²) in [4.78, 5) is 35.6. The summed E-state index contributed by atoms with van der Waals surface area (Å²) in [6, 6.07) is 13.0. The average Bonchev–Trinajstić information content (AvgIpc) is 2.81. The van der Waals surface area contributed by atoms with Crippen molar-refractivity contribution in [2.45, 2.75) is 12.8 Å². The number of ether oxygens (including phenoxy) is 3. The number of benzene rings is 3. The summed E-state index contributed by atoms with van der Waals surface area (Å²) in [5, 5.41) is 12.2. The third-order valence-electron chi connectivity index (χ3n) is 5.24. The molecule has 0 aliphatic rings. The minimum atomic E-state index is -0.678. The van der Waals surface area contributed by atoms with E-state index in [4.69, 9.17) is 14.2 Å². The van der Waals surface area contributed by atoms with Crippen LogP contribution in [0.2, 0.25) is 0 Å². The predicted molar refractivity (Wildman–Crippen MR) is 114 cm³/mol. The maximum absolute atomic E-state index is 12.6. The lowest BCUT2D eigenvalue weighted by Crippen LogP contribution is -2.14. The predicted octanol–water partition coefficient (Wildman–Crippen LogP) is 4.48. The van der Waals surface area contributed by atoms with E-state index in [9.17, 15) is 19.7 Å². The van der Waals surface area contributed by atoms with E-state index in [1.54, 1.807) is 36.4 Å². The standard InChI is InChI=1S/C23H21NO7/c1-13(14-5-7-15(8-6-14)24(27)28)18-12-20(22(25)30-3)21(23(26)31-4)19-11-16(29-2)9-10-17(18)19/h5-13H,1-4H3. The number of methoxy groups -OCH3 is 3. The third kappa shape index (κ3) is 4.05. The molecule has 8 heteroatoms. The molecule has 0 radical (unpaired) electrons. The normalized spacial score (nSPS) is 11.6. The van der Waals surface area contributed by atoms with Crippen LogP contribution in [0.15, 0.2) is 48.5 Å². The second-order valence-electron chi connectivity index (χ2n) is 6.85. The van der Waals surface area contributed by atoms with E-state index in [2.05, 4.69) is 0 Å². The van der Waals surface area contributed by atoms with E-state index >= 15 is 0 Å². The summed E-state index contributed by atoms with van der Waals surface area (Å²) in [6.07, 6.45) is 0. The number of nitrogens with zero attached hydrogens (tertiary/aromatic N) is 1. The maximum atomic E-state index is 12.6. The van der Waals surface area contributed by atoms with Crippen LogP contribution >= 0.6 is 0 Å². The Hall–Kier alpha value is -3.94. The number of hydrogen-bond acceptors (Lipinski definition) is 7. The van der Waals surface area contributed by atoms with Crippen LogP contribution in [0.1, 0.15) is 44.7 Å². The van der Waals surface area contributed by atoms with Crippen LogP contribution < -0.4 is 4.74 Å². The molecular formula is C23H21NO7. The fourth-order valence-corrected chi connectivity index (χ4v) is 3.57. The van der Waals surface area contributed by atoms with Crippen molar-refractivity contribution >= 4 is 28.4 Å². The van der Waals surface area contributed by atoms with Crippen LogP contribution in [0.4, 0.5) is 5.69 Å². The van der Waals surface area contributed by atoms with Crippen LogP contribution in [0.5, 0.6) is 5.75 Å². The lowest BCUT2D eigenvalue weighted by atomic mass is 9.85. The van der Waals surface area contributed by atoms with Gasteiger partial charge in [-0.2, -0.15) is 0 Å². The average molecular weight is 423 g/mol. The Balaban J connectivity index is 2.31. The zero-order valence-corrected chi connectivity index (χ0v) is 17.5. The number of nitro benzene ring substituents is 1. The molecule has 0 amide bonds. The van der Waals surface area contributed by atoms with Gasteiger partial charge in [-0.15, -0.1) is 0 Å². The van der Waals surface area contributed by atoms with Crippen molar-refractivity contribution in [1.82, 2.24) is 0 Å². The number of hydrogen-bond donors (Lipinski definition) is 0. The van der Waals surface area contributed by atoms with Crippen molar-refractivity contribution in [2.75, 3.05) is 21.3 Å². The van der Waals surface area contributed by atoms with Crippen LogP contribution in [0.3, 0.4) is 0 Å². The smallest absolute Gasteiger partial charge is 0.339 e. The molecule has 3 aromatic carbocycles. The molecule has 0 saturated heterocycles. The summed E-state index contributed by atoms with van der Waals surface area (Å²) in [5.41, 5.74) is 1.70. The summed E-state index contributed by atoms with van der Waals surface area (Å²) in [5.74, 6) is -1.09. The van der Waals surface area contributed by atoms with Gasteiger partial charge in [0.2, 0.25) is 0 Å². The van der Waals surface area contributed by atoms with E-state index < -0.39 is 16.9 Å². The quantitative estimate of drug-likeness (QED) is 0.327. The molecule has 0 saturated carbocycles. The lowest BCUT2D eigenvalue weighted by molar-refractivity contribution is -0.384. The van der Waals surface area contributed by atoms with Crippen molar-refractivity contribution in [1.29, 1.82) is 0 Å². The van der Waals surface area contributed by atoms with Gasteiger partial charge < -0.3 is 14.2 Å². The maximum Gasteiger partial charge on any atom is 0.339 e. The second-order valence-corrected chi connectivity index (χ2v) is 6.85. The highest BCUT2D eigenvalue weighted by molar-refractivity contribution is 6.14.